The van der Waals surface area contributed by atoms with Gasteiger partial charge in [0.1, 0.15) is 0 Å². The van der Waals surface area contributed by atoms with Crippen LogP contribution in [0.1, 0.15) is 112 Å². The molecule has 3 fully saturated rings. The number of hydrogen-bond acceptors (Lipinski definition) is 4. The Morgan fingerprint density at radius 2 is 1.86 bits per heavy atom. The van der Waals surface area contributed by atoms with Crippen molar-refractivity contribution in [3.05, 3.63) is 11.6 Å². The van der Waals surface area contributed by atoms with Crippen LogP contribution in [-0.2, 0) is 9.59 Å². The maximum atomic E-state index is 12.7. The Labute approximate surface area is 232 Å². The van der Waals surface area contributed by atoms with Crippen LogP contribution in [0, 0.1) is 46.3 Å². The van der Waals surface area contributed by atoms with Crippen LogP contribution in [0.15, 0.2) is 11.6 Å². The average molecular weight is 534 g/mol. The van der Waals surface area contributed by atoms with E-state index in [1.165, 1.54) is 51.4 Å². The first-order valence-electron chi connectivity index (χ1n) is 15.2. The quantitative estimate of drug-likeness (QED) is 0.156. The molecule has 8 atom stereocenters. The molecule has 5 nitrogen and oxygen atoms in total. The Morgan fingerprint density at radius 1 is 1.11 bits per heavy atom. The summed E-state index contributed by atoms with van der Waals surface area (Å²) in [4.78, 5) is 22.5. The number of carbonyl (C=O) groups excluding carboxylic acids is 2. The Morgan fingerprint density at radius 3 is 2.49 bits per heavy atom. The smallest absolute Gasteiger partial charge is 0.232 e. The van der Waals surface area contributed by atoms with E-state index >= 15 is 0 Å². The summed E-state index contributed by atoms with van der Waals surface area (Å²) < 4.78 is 2.29. The summed E-state index contributed by atoms with van der Waals surface area (Å²) in [6, 6.07) is 0. The van der Waals surface area contributed by atoms with Crippen LogP contribution >= 0.6 is 12.8 Å². The molecule has 3 saturated carbocycles. The number of nitrogens with one attached hydrogen (secondary N) is 2. The molecule has 4 aliphatic carbocycles. The van der Waals surface area contributed by atoms with Gasteiger partial charge in [-0.15, -0.1) is 0 Å². The van der Waals surface area contributed by atoms with Crippen LogP contribution in [-0.4, -0.2) is 24.9 Å². The number of rotatable bonds is 9. The average Bonchev–Trinajstić information content (AvgIpc) is 3.21. The van der Waals surface area contributed by atoms with E-state index in [-0.39, 0.29) is 12.5 Å². The summed E-state index contributed by atoms with van der Waals surface area (Å²) in [7, 11) is 0. The van der Waals surface area contributed by atoms with Gasteiger partial charge in [-0.1, -0.05) is 78.3 Å². The summed E-state index contributed by atoms with van der Waals surface area (Å²) in [6.07, 6.45) is 18.1. The summed E-state index contributed by atoms with van der Waals surface area (Å²) in [5.74, 6) is 4.65. The van der Waals surface area contributed by atoms with Crippen LogP contribution in [0.5, 0.6) is 0 Å². The van der Waals surface area contributed by atoms with Gasteiger partial charge in [-0.05, 0) is 98.2 Å². The molecule has 4 rings (SSSR count). The van der Waals surface area contributed by atoms with E-state index in [0.29, 0.717) is 16.7 Å². The maximum Gasteiger partial charge on any atom is 0.232 e. The van der Waals surface area contributed by atoms with E-state index in [1.807, 2.05) is 0 Å². The zero-order chi connectivity index (χ0) is 27.2. The first-order valence-corrected chi connectivity index (χ1v) is 15.7. The van der Waals surface area contributed by atoms with Gasteiger partial charge in [0, 0.05) is 12.5 Å². The van der Waals surface area contributed by atoms with Crippen molar-refractivity contribution in [2.75, 3.05) is 13.1 Å². The highest BCUT2D eigenvalue weighted by atomic mass is 32.1. The number of unbranched alkanes of at least 4 members (excludes halogenated alkanes) is 1. The van der Waals surface area contributed by atoms with Crippen molar-refractivity contribution < 1.29 is 9.59 Å². The van der Waals surface area contributed by atoms with Crippen molar-refractivity contribution in [3.8, 4) is 0 Å². The van der Waals surface area contributed by atoms with Crippen LogP contribution < -0.4 is 15.8 Å². The second-order valence-electron chi connectivity index (χ2n) is 13.1. The molecular formula is C31H55N3O2S. The molecule has 37 heavy (non-hydrogen) atoms. The van der Waals surface area contributed by atoms with E-state index in [2.05, 4.69) is 69.3 Å². The third-order valence-electron chi connectivity index (χ3n) is 11.1. The molecule has 0 saturated heterocycles. The number of allylic oxidation sites excluding steroid dienone is 2. The molecule has 0 spiro atoms. The first kappa shape index (κ1) is 30.5. The minimum atomic E-state index is -0.398. The maximum absolute atomic E-state index is 12.7. The van der Waals surface area contributed by atoms with Gasteiger partial charge in [0.15, 0.2) is 0 Å². The summed E-state index contributed by atoms with van der Waals surface area (Å²) in [5.41, 5.74) is 7.23. The van der Waals surface area contributed by atoms with Gasteiger partial charge < -0.3 is 11.1 Å². The van der Waals surface area contributed by atoms with Crippen LogP contribution in [0.2, 0.25) is 0 Å². The minimum absolute atomic E-state index is 0.128. The fraction of sp³-hybridized carbons (Fsp3) is 0.871. The van der Waals surface area contributed by atoms with Gasteiger partial charge in [0.2, 0.25) is 11.8 Å². The Bertz CT molecular complexity index is 816. The van der Waals surface area contributed by atoms with E-state index in [4.69, 9.17) is 0 Å². The molecule has 0 bridgehead atoms. The largest absolute Gasteiger partial charge is 0.369 e. The minimum Gasteiger partial charge on any atom is -0.369 e. The standard InChI is InChI=1S/C29H49NO.C2H6N2OS/c1-6-8-18-30-27(31)21-14-16-28(4)22(19-21)10-11-23-25-13-12-24(20(3)9-7-2)29(25,5)17-15-26(23)28;3-2(5)1-4-6/h10,20-21,23-26H,6-9,11-19H2,1-5H3,(H,30,31);4,6H,1H2,(H2,3,5). The Kier molecular flexibility index (Phi) is 11.0. The summed E-state index contributed by atoms with van der Waals surface area (Å²) in [5, 5.41) is 3.21. The van der Waals surface area contributed by atoms with Gasteiger partial charge in [0.05, 0.1) is 6.54 Å². The molecule has 0 aliphatic heterocycles. The highest BCUT2D eigenvalue weighted by Crippen LogP contribution is 2.67. The molecule has 0 heterocycles. The predicted molar refractivity (Wildman–Crippen MR) is 157 cm³/mol. The van der Waals surface area contributed by atoms with Crippen molar-refractivity contribution in [1.82, 2.24) is 10.0 Å². The SMILES string of the molecule is CCCCNC(=O)C1CCC2(C)C(=CCC3C2CCC2(C)C(C(C)CCC)CCC32)C1.NC(=O)CNS. The topological polar surface area (TPSA) is 84.2 Å². The van der Waals surface area contributed by atoms with Crippen molar-refractivity contribution >= 4 is 24.6 Å². The highest BCUT2D eigenvalue weighted by Gasteiger charge is 2.59. The third kappa shape index (κ3) is 6.59. The Balaban J connectivity index is 0.000000568. The van der Waals surface area contributed by atoms with Gasteiger partial charge in [-0.2, -0.15) is 0 Å². The monoisotopic (exact) mass is 533 g/mol. The molecule has 4 N–H and O–H groups in total. The van der Waals surface area contributed by atoms with E-state index in [9.17, 15) is 9.59 Å². The van der Waals surface area contributed by atoms with Gasteiger partial charge in [-0.3, -0.25) is 14.3 Å². The molecule has 212 valence electrons. The van der Waals surface area contributed by atoms with Crippen LogP contribution in [0.3, 0.4) is 0 Å². The number of hydrogen-bond donors (Lipinski definition) is 4. The fourth-order valence-corrected chi connectivity index (χ4v) is 9.28. The van der Waals surface area contributed by atoms with Gasteiger partial charge in [-0.25, -0.2) is 0 Å². The van der Waals surface area contributed by atoms with Crippen molar-refractivity contribution in [2.45, 2.75) is 112 Å². The first-order chi connectivity index (χ1) is 17.6. The molecule has 2 amide bonds. The molecule has 0 aromatic carbocycles. The Hall–Kier alpha value is -1.01. The lowest BCUT2D eigenvalue weighted by Crippen LogP contribution is -2.51. The van der Waals surface area contributed by atoms with Gasteiger partial charge >= 0.3 is 0 Å². The number of nitrogens with two attached hydrogens (primary N) is 1. The normalized spacial score (nSPS) is 37.1. The number of fused-ring (bicyclic) bond motifs is 5. The van der Waals surface area contributed by atoms with Gasteiger partial charge in [0.25, 0.3) is 0 Å². The van der Waals surface area contributed by atoms with E-state index in [0.717, 1.165) is 61.8 Å². The van der Waals surface area contributed by atoms with Crippen molar-refractivity contribution in [2.24, 2.45) is 52.1 Å². The molecule has 0 aromatic heterocycles. The number of carbonyl (C=O) groups is 2. The van der Waals surface area contributed by atoms with E-state index < -0.39 is 5.91 Å². The van der Waals surface area contributed by atoms with Crippen molar-refractivity contribution in [1.29, 1.82) is 0 Å². The fourth-order valence-electron chi connectivity index (χ4n) is 9.13. The van der Waals surface area contributed by atoms with E-state index in [1.54, 1.807) is 5.57 Å². The lowest BCUT2D eigenvalue weighted by atomic mass is 9.46. The predicted octanol–water partition coefficient (Wildman–Crippen LogP) is 6.44. The second-order valence-corrected chi connectivity index (χ2v) is 13.5. The number of amides is 2. The van der Waals surface area contributed by atoms with Crippen LogP contribution in [0.4, 0.5) is 0 Å². The van der Waals surface area contributed by atoms with Crippen molar-refractivity contribution in [3.63, 3.8) is 0 Å². The van der Waals surface area contributed by atoms with Crippen LogP contribution in [0.25, 0.3) is 0 Å². The number of primary amides is 1. The highest BCUT2D eigenvalue weighted by molar-refractivity contribution is 7.78. The molecule has 0 aromatic rings. The summed E-state index contributed by atoms with van der Waals surface area (Å²) in [6.45, 7) is 13.3. The number of thiol groups is 1. The lowest BCUT2D eigenvalue weighted by molar-refractivity contribution is -0.126. The summed E-state index contributed by atoms with van der Waals surface area (Å²) >= 11 is 3.51. The second kappa shape index (κ2) is 13.4. The zero-order valence-electron chi connectivity index (χ0n) is 24.3. The molecule has 6 heteroatoms. The molecule has 8 unspecified atom stereocenters. The molecule has 4 aliphatic rings. The molecule has 0 radical (unpaired) electrons. The lowest BCUT2D eigenvalue weighted by Gasteiger charge is -2.58. The third-order valence-corrected chi connectivity index (χ3v) is 11.2. The molecular weight excluding hydrogens is 478 g/mol. The zero-order valence-corrected chi connectivity index (χ0v) is 25.2.